The number of aliphatic hydroxyl groups is 6. The molecule has 0 bridgehead atoms. The fourth-order valence-corrected chi connectivity index (χ4v) is 6.30. The van der Waals surface area contributed by atoms with Crippen LogP contribution in [-0.4, -0.2) is 94.3 Å². The van der Waals surface area contributed by atoms with Gasteiger partial charge in [-0.25, -0.2) is 0 Å². The van der Waals surface area contributed by atoms with Crippen LogP contribution in [-0.2, 0) is 9.53 Å². The second kappa shape index (κ2) is 7.75. The number of hydrogen-bond donors (Lipinski definition) is 7. The molecule has 7 N–H and O–H groups in total. The lowest BCUT2D eigenvalue weighted by molar-refractivity contribution is -0.207. The van der Waals surface area contributed by atoms with Gasteiger partial charge in [-0.2, -0.15) is 0 Å². The fourth-order valence-electron chi connectivity index (χ4n) is 6.30. The Bertz CT molecular complexity index is 1220. The lowest BCUT2D eigenvalue weighted by atomic mass is 9.54. The minimum Gasteiger partial charge on any atom is -0.507 e. The number of aromatic hydroxyl groups is 1. The number of ketones is 3. The zero-order valence-electron chi connectivity index (χ0n) is 19.6. The Hall–Kier alpha value is -2.51. The molecule has 8 unspecified atom stereocenters. The summed E-state index contributed by atoms with van der Waals surface area (Å²) in [6.07, 6.45) is -7.73. The Morgan fingerprint density at radius 3 is 2.33 bits per heavy atom. The summed E-state index contributed by atoms with van der Waals surface area (Å²) < 4.78 is 5.68. The SMILES string of the molecule is CC1OC(c2ccc3c(c2O)C(=O)C2=C(C3=O)C3(O)C(=O)CC(C)(O)CC3(O)CC2O)CC(O)C1O. The van der Waals surface area contributed by atoms with E-state index >= 15 is 0 Å². The van der Waals surface area contributed by atoms with Gasteiger partial charge in [-0.15, -0.1) is 0 Å². The van der Waals surface area contributed by atoms with Gasteiger partial charge in [-0.05, 0) is 19.9 Å². The lowest BCUT2D eigenvalue weighted by Crippen LogP contribution is -2.72. The molecular formula is C25H28O11. The smallest absolute Gasteiger partial charge is 0.196 e. The second-order valence-corrected chi connectivity index (χ2v) is 10.7. The van der Waals surface area contributed by atoms with Crippen LogP contribution in [0, 0.1) is 0 Å². The van der Waals surface area contributed by atoms with Gasteiger partial charge in [0.1, 0.15) is 17.5 Å². The summed E-state index contributed by atoms with van der Waals surface area (Å²) in [6, 6.07) is 2.50. The first kappa shape index (κ1) is 25.2. The van der Waals surface area contributed by atoms with Gasteiger partial charge < -0.3 is 40.5 Å². The molecule has 1 saturated carbocycles. The van der Waals surface area contributed by atoms with Crippen molar-refractivity contribution in [2.45, 2.75) is 86.9 Å². The minimum atomic E-state index is -2.84. The quantitative estimate of drug-likeness (QED) is 0.247. The van der Waals surface area contributed by atoms with Crippen LogP contribution >= 0.6 is 0 Å². The molecule has 4 aliphatic rings. The predicted octanol–water partition coefficient (Wildman–Crippen LogP) is -1.02. The van der Waals surface area contributed by atoms with E-state index < -0.39 is 106 Å². The van der Waals surface area contributed by atoms with Crippen molar-refractivity contribution in [3.05, 3.63) is 40.0 Å². The molecule has 1 saturated heterocycles. The van der Waals surface area contributed by atoms with E-state index in [9.17, 15) is 50.1 Å². The summed E-state index contributed by atoms with van der Waals surface area (Å²) in [5.41, 5.74) is -9.06. The molecule has 0 amide bonds. The standard InChI is InChI=1S/C25H28O11/c1-9-19(29)12(26)5-14(36-9)10-3-4-11-16(20(10)30)22(32)17-13(27)6-24(34)8-23(2,33)7-15(28)25(24,35)18(17)21(11)31/h3-4,9,12-14,19,26-27,29-30,33-35H,5-8H2,1-2H3. The highest BCUT2D eigenvalue weighted by molar-refractivity contribution is 6.31. The molecule has 194 valence electrons. The largest absolute Gasteiger partial charge is 0.507 e. The van der Waals surface area contributed by atoms with Gasteiger partial charge in [-0.3, -0.25) is 14.4 Å². The maximum Gasteiger partial charge on any atom is 0.196 e. The molecular weight excluding hydrogens is 476 g/mol. The monoisotopic (exact) mass is 504 g/mol. The van der Waals surface area contributed by atoms with Gasteiger partial charge >= 0.3 is 0 Å². The van der Waals surface area contributed by atoms with Crippen LogP contribution in [0.2, 0.25) is 0 Å². The van der Waals surface area contributed by atoms with Crippen LogP contribution in [0.25, 0.3) is 0 Å². The van der Waals surface area contributed by atoms with Crippen molar-refractivity contribution in [2.24, 2.45) is 0 Å². The van der Waals surface area contributed by atoms with Gasteiger partial charge in [0.05, 0.1) is 41.2 Å². The zero-order chi connectivity index (χ0) is 26.5. The number of phenolic OH excluding ortho intramolecular Hbond substituents is 1. The Labute approximate surface area is 205 Å². The minimum absolute atomic E-state index is 0.0713. The fraction of sp³-hybridized carbons (Fsp3) is 0.560. The molecule has 1 heterocycles. The van der Waals surface area contributed by atoms with Gasteiger partial charge in [0.15, 0.2) is 23.0 Å². The summed E-state index contributed by atoms with van der Waals surface area (Å²) in [4.78, 5) is 40.3. The first-order valence-electron chi connectivity index (χ1n) is 11.7. The third-order valence-corrected chi connectivity index (χ3v) is 8.00. The number of fused-ring (bicyclic) bond motifs is 3. The summed E-state index contributed by atoms with van der Waals surface area (Å²) in [7, 11) is 0. The van der Waals surface area contributed by atoms with E-state index in [1.54, 1.807) is 0 Å². The van der Waals surface area contributed by atoms with Crippen molar-refractivity contribution in [2.75, 3.05) is 0 Å². The third kappa shape index (κ3) is 3.21. The summed E-state index contributed by atoms with van der Waals surface area (Å²) >= 11 is 0. The van der Waals surface area contributed by atoms with E-state index in [2.05, 4.69) is 0 Å². The number of rotatable bonds is 1. The molecule has 0 radical (unpaired) electrons. The van der Waals surface area contributed by atoms with E-state index in [1.165, 1.54) is 26.0 Å². The van der Waals surface area contributed by atoms with E-state index in [0.717, 1.165) is 0 Å². The normalized spacial score (nSPS) is 42.7. The first-order chi connectivity index (χ1) is 16.6. The average Bonchev–Trinajstić information content (AvgIpc) is 2.76. The maximum atomic E-state index is 13.6. The highest BCUT2D eigenvalue weighted by atomic mass is 16.5. The molecule has 1 aromatic rings. The van der Waals surface area contributed by atoms with Crippen LogP contribution < -0.4 is 0 Å². The number of hydrogen-bond acceptors (Lipinski definition) is 11. The number of phenols is 1. The van der Waals surface area contributed by atoms with Crippen molar-refractivity contribution in [1.29, 1.82) is 0 Å². The number of Topliss-reactive ketones (excluding diaryl/α,β-unsaturated/α-hetero) is 3. The summed E-state index contributed by atoms with van der Waals surface area (Å²) in [5.74, 6) is -3.72. The Kier molecular flexibility index (Phi) is 5.41. The molecule has 1 aliphatic heterocycles. The maximum absolute atomic E-state index is 13.6. The topological polar surface area (TPSA) is 202 Å². The van der Waals surface area contributed by atoms with Crippen molar-refractivity contribution in [1.82, 2.24) is 0 Å². The van der Waals surface area contributed by atoms with Gasteiger partial charge in [0.2, 0.25) is 0 Å². The van der Waals surface area contributed by atoms with Gasteiger partial charge in [0.25, 0.3) is 0 Å². The molecule has 5 rings (SSSR count). The van der Waals surface area contributed by atoms with Crippen LogP contribution in [0.3, 0.4) is 0 Å². The average molecular weight is 504 g/mol. The van der Waals surface area contributed by atoms with E-state index in [4.69, 9.17) is 4.74 Å². The first-order valence-corrected chi connectivity index (χ1v) is 11.7. The van der Waals surface area contributed by atoms with Crippen molar-refractivity contribution >= 4 is 17.3 Å². The summed E-state index contributed by atoms with van der Waals surface area (Å²) in [6.45, 7) is 2.81. The Balaban J connectivity index is 1.64. The highest BCUT2D eigenvalue weighted by Gasteiger charge is 2.69. The van der Waals surface area contributed by atoms with Crippen molar-refractivity contribution < 1.29 is 54.9 Å². The van der Waals surface area contributed by atoms with Crippen LogP contribution in [0.5, 0.6) is 5.75 Å². The third-order valence-electron chi connectivity index (χ3n) is 8.00. The van der Waals surface area contributed by atoms with E-state index in [1.807, 2.05) is 0 Å². The lowest BCUT2D eigenvalue weighted by Gasteiger charge is -2.54. The molecule has 8 atom stereocenters. The second-order valence-electron chi connectivity index (χ2n) is 10.7. The van der Waals surface area contributed by atoms with E-state index in [0.29, 0.717) is 0 Å². The molecule has 2 fully saturated rings. The number of ether oxygens (including phenoxy) is 1. The Morgan fingerprint density at radius 1 is 1.03 bits per heavy atom. The number of aliphatic hydroxyl groups excluding tert-OH is 3. The number of carbonyl (C=O) groups excluding carboxylic acids is 3. The Morgan fingerprint density at radius 2 is 1.69 bits per heavy atom. The zero-order valence-corrected chi connectivity index (χ0v) is 19.6. The van der Waals surface area contributed by atoms with Gasteiger partial charge in [0, 0.05) is 42.4 Å². The molecule has 11 heteroatoms. The van der Waals surface area contributed by atoms with Crippen molar-refractivity contribution in [3.63, 3.8) is 0 Å². The number of carbonyl (C=O) groups is 3. The highest BCUT2D eigenvalue weighted by Crippen LogP contribution is 2.54. The van der Waals surface area contributed by atoms with Crippen LogP contribution in [0.4, 0.5) is 0 Å². The van der Waals surface area contributed by atoms with Crippen LogP contribution in [0.15, 0.2) is 23.3 Å². The van der Waals surface area contributed by atoms with E-state index in [-0.39, 0.29) is 17.5 Å². The summed E-state index contributed by atoms with van der Waals surface area (Å²) in [5, 5.41) is 75.2. The molecule has 0 aromatic heterocycles. The van der Waals surface area contributed by atoms with Crippen LogP contribution in [0.1, 0.15) is 71.9 Å². The number of benzene rings is 1. The molecule has 3 aliphatic carbocycles. The molecule has 36 heavy (non-hydrogen) atoms. The van der Waals surface area contributed by atoms with Crippen molar-refractivity contribution in [3.8, 4) is 5.75 Å². The van der Waals surface area contributed by atoms with Gasteiger partial charge in [-0.1, -0.05) is 6.07 Å². The molecule has 1 aromatic carbocycles. The molecule has 11 nitrogen and oxygen atoms in total. The molecule has 0 spiro atoms. The predicted molar refractivity (Wildman–Crippen MR) is 119 cm³/mol.